The number of rotatable bonds is 5. The van der Waals surface area contributed by atoms with E-state index < -0.39 is 0 Å². The molecule has 3 aromatic rings. The molecule has 0 fully saturated rings. The van der Waals surface area contributed by atoms with Crippen LogP contribution in [-0.4, -0.2) is 31.4 Å². The molecule has 3 rings (SSSR count). The molecule has 0 bridgehead atoms. The number of anilines is 2. The van der Waals surface area contributed by atoms with E-state index in [1.807, 2.05) is 19.2 Å². The number of hydrogen-bond acceptors (Lipinski definition) is 5. The highest BCUT2D eigenvalue weighted by molar-refractivity contribution is 9.10. The molecule has 10 heteroatoms. The average molecular weight is 437 g/mol. The number of carbonyl (C=O) groups is 2. The topological polar surface area (TPSA) is 93.8 Å². The summed E-state index contributed by atoms with van der Waals surface area (Å²) in [5, 5.41) is 15.7. The molecule has 2 amide bonds. The van der Waals surface area contributed by atoms with Crippen LogP contribution in [-0.2, 0) is 13.6 Å². The molecule has 0 spiro atoms. The van der Waals surface area contributed by atoms with Crippen molar-refractivity contribution in [3.05, 3.63) is 44.6 Å². The monoisotopic (exact) mass is 436 g/mol. The molecule has 0 aromatic carbocycles. The molecule has 0 aliphatic heterocycles. The minimum atomic E-state index is -0.358. The minimum absolute atomic E-state index is 0.289. The smallest absolute Gasteiger partial charge is 0.276 e. The van der Waals surface area contributed by atoms with Crippen LogP contribution in [0.3, 0.4) is 0 Å². The number of nitrogens with zero attached hydrogens (tertiary/aromatic N) is 4. The first-order chi connectivity index (χ1) is 12.4. The van der Waals surface area contributed by atoms with Gasteiger partial charge in [0.25, 0.3) is 11.8 Å². The Bertz CT molecular complexity index is 973. The Balaban J connectivity index is 1.86. The highest BCUT2D eigenvalue weighted by Gasteiger charge is 2.22. The number of thiophene rings is 1. The van der Waals surface area contributed by atoms with Crippen molar-refractivity contribution in [2.75, 3.05) is 10.6 Å². The van der Waals surface area contributed by atoms with Gasteiger partial charge in [0, 0.05) is 23.4 Å². The molecule has 0 atom stereocenters. The van der Waals surface area contributed by atoms with Gasteiger partial charge in [-0.05, 0) is 35.8 Å². The van der Waals surface area contributed by atoms with Crippen molar-refractivity contribution in [3.63, 3.8) is 0 Å². The second-order valence-corrected chi connectivity index (χ2v) is 7.35. The van der Waals surface area contributed by atoms with E-state index in [-0.39, 0.29) is 11.8 Å². The Labute approximate surface area is 162 Å². The largest absolute Gasteiger partial charge is 0.318 e. The lowest BCUT2D eigenvalue weighted by molar-refractivity contribution is 0.101. The van der Waals surface area contributed by atoms with Gasteiger partial charge < -0.3 is 10.6 Å². The SMILES string of the molecule is CCn1ncc(NC(=O)c2cc(Br)cs2)c1C(=O)Nc1cnn(C)c1C. The van der Waals surface area contributed by atoms with Gasteiger partial charge in [-0.1, -0.05) is 0 Å². The Morgan fingerprint density at radius 1 is 1.19 bits per heavy atom. The summed E-state index contributed by atoms with van der Waals surface area (Å²) < 4.78 is 4.05. The Kier molecular flexibility index (Phi) is 5.23. The van der Waals surface area contributed by atoms with Crippen molar-refractivity contribution in [2.45, 2.75) is 20.4 Å². The summed E-state index contributed by atoms with van der Waals surface area (Å²) in [6.45, 7) is 4.23. The molecule has 26 heavy (non-hydrogen) atoms. The molecular weight excluding hydrogens is 420 g/mol. The molecule has 3 aromatic heterocycles. The average Bonchev–Trinajstić information content (AvgIpc) is 3.30. The van der Waals surface area contributed by atoms with Gasteiger partial charge in [0.1, 0.15) is 5.69 Å². The first-order valence-electron chi connectivity index (χ1n) is 7.81. The molecule has 0 aliphatic carbocycles. The maximum atomic E-state index is 12.8. The summed E-state index contributed by atoms with van der Waals surface area (Å²) in [7, 11) is 1.80. The zero-order chi connectivity index (χ0) is 18.8. The first kappa shape index (κ1) is 18.3. The molecule has 0 radical (unpaired) electrons. The van der Waals surface area contributed by atoms with Crippen molar-refractivity contribution in [2.24, 2.45) is 7.05 Å². The third-order valence-electron chi connectivity index (χ3n) is 3.88. The van der Waals surface area contributed by atoms with Crippen LogP contribution in [0.1, 0.15) is 32.8 Å². The Morgan fingerprint density at radius 2 is 1.88 bits per heavy atom. The third kappa shape index (κ3) is 3.56. The van der Waals surface area contributed by atoms with E-state index in [9.17, 15) is 9.59 Å². The van der Waals surface area contributed by atoms with Crippen LogP contribution >= 0.6 is 27.3 Å². The van der Waals surface area contributed by atoms with Crippen LogP contribution in [0.25, 0.3) is 0 Å². The van der Waals surface area contributed by atoms with Crippen molar-refractivity contribution < 1.29 is 9.59 Å². The predicted octanol–water partition coefficient (Wildman–Crippen LogP) is 3.27. The van der Waals surface area contributed by atoms with Crippen LogP contribution in [0, 0.1) is 6.92 Å². The molecule has 0 saturated heterocycles. The summed E-state index contributed by atoms with van der Waals surface area (Å²) in [5.74, 6) is -0.647. The number of carbonyl (C=O) groups excluding carboxylic acids is 2. The van der Waals surface area contributed by atoms with Crippen LogP contribution in [0.15, 0.2) is 28.3 Å². The van der Waals surface area contributed by atoms with E-state index in [4.69, 9.17) is 0 Å². The third-order valence-corrected chi connectivity index (χ3v) is 5.57. The number of hydrogen-bond donors (Lipinski definition) is 2. The van der Waals surface area contributed by atoms with Gasteiger partial charge in [-0.3, -0.25) is 19.0 Å². The summed E-state index contributed by atoms with van der Waals surface area (Å²) in [6.07, 6.45) is 3.07. The number of amides is 2. The zero-order valence-corrected chi connectivity index (χ0v) is 16.8. The minimum Gasteiger partial charge on any atom is -0.318 e. The van der Waals surface area contributed by atoms with Gasteiger partial charge in [0.15, 0.2) is 0 Å². The highest BCUT2D eigenvalue weighted by Crippen LogP contribution is 2.23. The van der Waals surface area contributed by atoms with Gasteiger partial charge in [0.05, 0.1) is 34.3 Å². The molecule has 136 valence electrons. The normalized spacial score (nSPS) is 10.8. The second-order valence-electron chi connectivity index (χ2n) is 5.53. The van der Waals surface area contributed by atoms with Gasteiger partial charge in [-0.2, -0.15) is 10.2 Å². The molecular formula is C16H17BrN6O2S. The molecule has 8 nitrogen and oxygen atoms in total. The maximum absolute atomic E-state index is 12.8. The summed E-state index contributed by atoms with van der Waals surface area (Å²) >= 11 is 4.64. The standard InChI is InChI=1S/C16H17BrN6O2S/c1-4-23-14(16(25)20-11-6-18-22(3)9(11)2)12(7-19-23)21-15(24)13-5-10(17)8-26-13/h5-8H,4H2,1-3H3,(H,20,25)(H,21,24). The van der Waals surface area contributed by atoms with Crippen molar-refractivity contribution in [3.8, 4) is 0 Å². The number of aryl methyl sites for hydroxylation is 2. The first-order valence-corrected chi connectivity index (χ1v) is 9.49. The van der Waals surface area contributed by atoms with Gasteiger partial charge >= 0.3 is 0 Å². The zero-order valence-electron chi connectivity index (χ0n) is 14.4. The van der Waals surface area contributed by atoms with Crippen molar-refractivity contribution in [1.29, 1.82) is 0 Å². The lowest BCUT2D eigenvalue weighted by Crippen LogP contribution is -2.21. The summed E-state index contributed by atoms with van der Waals surface area (Å²) in [4.78, 5) is 25.7. The fraction of sp³-hybridized carbons (Fsp3) is 0.250. The van der Waals surface area contributed by atoms with Gasteiger partial charge in [0.2, 0.25) is 0 Å². The maximum Gasteiger partial charge on any atom is 0.276 e. The quantitative estimate of drug-likeness (QED) is 0.641. The molecule has 0 unspecified atom stereocenters. The molecule has 2 N–H and O–H groups in total. The van der Waals surface area contributed by atoms with Crippen LogP contribution in [0.5, 0.6) is 0 Å². The fourth-order valence-corrected chi connectivity index (χ4v) is 3.70. The molecule has 3 heterocycles. The Hall–Kier alpha value is -2.46. The van der Waals surface area contributed by atoms with E-state index in [0.29, 0.717) is 28.5 Å². The second kappa shape index (κ2) is 7.42. The molecule has 0 saturated carbocycles. The highest BCUT2D eigenvalue weighted by atomic mass is 79.9. The van der Waals surface area contributed by atoms with Crippen molar-refractivity contribution in [1.82, 2.24) is 19.6 Å². The lowest BCUT2D eigenvalue weighted by atomic mass is 10.3. The van der Waals surface area contributed by atoms with Crippen LogP contribution in [0.4, 0.5) is 11.4 Å². The van der Waals surface area contributed by atoms with E-state index in [1.54, 1.807) is 28.7 Å². The van der Waals surface area contributed by atoms with E-state index >= 15 is 0 Å². The number of aromatic nitrogens is 4. The van der Waals surface area contributed by atoms with Gasteiger partial charge in [-0.25, -0.2) is 0 Å². The molecule has 0 aliphatic rings. The fourth-order valence-electron chi connectivity index (χ4n) is 2.38. The van der Waals surface area contributed by atoms with E-state index in [2.05, 4.69) is 36.8 Å². The van der Waals surface area contributed by atoms with Crippen LogP contribution in [0.2, 0.25) is 0 Å². The van der Waals surface area contributed by atoms with Crippen molar-refractivity contribution >= 4 is 50.5 Å². The number of nitrogens with one attached hydrogen (secondary N) is 2. The van der Waals surface area contributed by atoms with Gasteiger partial charge in [-0.15, -0.1) is 11.3 Å². The van der Waals surface area contributed by atoms with Crippen LogP contribution < -0.4 is 10.6 Å². The summed E-state index contributed by atoms with van der Waals surface area (Å²) in [6, 6.07) is 1.73. The Morgan fingerprint density at radius 3 is 2.46 bits per heavy atom. The number of halogens is 1. The van der Waals surface area contributed by atoms with E-state index in [0.717, 1.165) is 10.2 Å². The summed E-state index contributed by atoms with van der Waals surface area (Å²) in [5.41, 5.74) is 2.09. The lowest BCUT2D eigenvalue weighted by Gasteiger charge is -2.09. The predicted molar refractivity (Wildman–Crippen MR) is 104 cm³/mol. The van der Waals surface area contributed by atoms with E-state index in [1.165, 1.54) is 17.5 Å².